The fourth-order valence-corrected chi connectivity index (χ4v) is 3.98. The third-order valence-electron chi connectivity index (χ3n) is 3.88. The molecule has 21 heavy (non-hydrogen) atoms. The number of nitrogens with two attached hydrogens (primary N) is 1. The Balaban J connectivity index is 2.20. The molecule has 118 valence electrons. The molecule has 0 saturated heterocycles. The lowest BCUT2D eigenvalue weighted by molar-refractivity contribution is 0.403. The van der Waals surface area contributed by atoms with E-state index in [1.54, 1.807) is 12.1 Å². The van der Waals surface area contributed by atoms with Gasteiger partial charge in [0.1, 0.15) is 4.90 Å². The summed E-state index contributed by atoms with van der Waals surface area (Å²) in [5.41, 5.74) is 6.78. The Bertz CT molecular complexity index is 560. The van der Waals surface area contributed by atoms with Crippen molar-refractivity contribution in [1.29, 1.82) is 0 Å². The molecule has 0 radical (unpaired) electrons. The van der Waals surface area contributed by atoms with Gasteiger partial charge >= 0.3 is 0 Å². The summed E-state index contributed by atoms with van der Waals surface area (Å²) < 4.78 is 27.3. The summed E-state index contributed by atoms with van der Waals surface area (Å²) in [6, 6.07) is 7.25. The first-order chi connectivity index (χ1) is 10.0. The predicted octanol–water partition coefficient (Wildman–Crippen LogP) is 2.06. The summed E-state index contributed by atoms with van der Waals surface area (Å²) in [5, 5.41) is 3.34. The van der Waals surface area contributed by atoms with Crippen molar-refractivity contribution in [3.05, 3.63) is 24.3 Å². The second kappa shape index (κ2) is 7.24. The van der Waals surface area contributed by atoms with Crippen molar-refractivity contribution in [2.45, 2.75) is 56.0 Å². The van der Waals surface area contributed by atoms with E-state index in [0.717, 1.165) is 32.1 Å². The number of benzene rings is 1. The fourth-order valence-electron chi connectivity index (χ4n) is 2.67. The van der Waals surface area contributed by atoms with E-state index in [-0.39, 0.29) is 12.1 Å². The molecule has 2 atom stereocenters. The van der Waals surface area contributed by atoms with Crippen LogP contribution in [0.3, 0.4) is 0 Å². The van der Waals surface area contributed by atoms with Gasteiger partial charge in [-0.3, -0.25) is 0 Å². The van der Waals surface area contributed by atoms with Crippen LogP contribution in [0.5, 0.6) is 0 Å². The monoisotopic (exact) mass is 311 g/mol. The maximum Gasteiger partial charge on any atom is 0.242 e. The van der Waals surface area contributed by atoms with Gasteiger partial charge in [-0.05, 0) is 31.4 Å². The minimum Gasteiger partial charge on any atom is -0.380 e. The van der Waals surface area contributed by atoms with Gasteiger partial charge in [0, 0.05) is 18.6 Å². The fraction of sp³-hybridized carbons (Fsp3) is 0.600. The van der Waals surface area contributed by atoms with E-state index in [1.165, 1.54) is 0 Å². The van der Waals surface area contributed by atoms with E-state index in [9.17, 15) is 8.42 Å². The third kappa shape index (κ3) is 4.18. The van der Waals surface area contributed by atoms with Crippen molar-refractivity contribution in [3.63, 3.8) is 0 Å². The molecular weight excluding hydrogens is 286 g/mol. The summed E-state index contributed by atoms with van der Waals surface area (Å²) in [6.07, 6.45) is 5.02. The van der Waals surface area contributed by atoms with Crippen molar-refractivity contribution in [3.8, 4) is 0 Å². The normalized spacial score (nSPS) is 23.0. The molecule has 0 unspecified atom stereocenters. The van der Waals surface area contributed by atoms with Crippen LogP contribution >= 0.6 is 0 Å². The van der Waals surface area contributed by atoms with Gasteiger partial charge in [0.25, 0.3) is 0 Å². The Hall–Kier alpha value is -1.11. The van der Waals surface area contributed by atoms with Crippen LogP contribution in [0.2, 0.25) is 0 Å². The molecule has 6 heteroatoms. The highest BCUT2D eigenvalue weighted by atomic mass is 32.2. The highest BCUT2D eigenvalue weighted by Crippen LogP contribution is 2.25. The molecule has 1 aromatic carbocycles. The first-order valence-electron chi connectivity index (χ1n) is 7.65. The third-order valence-corrected chi connectivity index (χ3v) is 5.40. The highest BCUT2D eigenvalue weighted by molar-refractivity contribution is 7.89. The molecule has 1 aromatic rings. The zero-order chi connectivity index (χ0) is 15.3. The van der Waals surface area contributed by atoms with Crippen molar-refractivity contribution >= 4 is 15.7 Å². The van der Waals surface area contributed by atoms with Gasteiger partial charge in [0.05, 0.1) is 5.69 Å². The molecule has 0 amide bonds. The van der Waals surface area contributed by atoms with Crippen LogP contribution in [-0.4, -0.2) is 27.0 Å². The molecule has 4 N–H and O–H groups in total. The van der Waals surface area contributed by atoms with E-state index >= 15 is 0 Å². The molecule has 0 heterocycles. The molecule has 0 aromatic heterocycles. The predicted molar refractivity (Wildman–Crippen MR) is 85.8 cm³/mol. The van der Waals surface area contributed by atoms with E-state index < -0.39 is 10.0 Å². The van der Waals surface area contributed by atoms with Gasteiger partial charge in [0.15, 0.2) is 0 Å². The van der Waals surface area contributed by atoms with Gasteiger partial charge in [-0.25, -0.2) is 13.1 Å². The average Bonchev–Trinajstić information content (AvgIpc) is 2.48. The van der Waals surface area contributed by atoms with Gasteiger partial charge in [-0.2, -0.15) is 0 Å². The van der Waals surface area contributed by atoms with Crippen LogP contribution in [0, 0.1) is 0 Å². The summed E-state index contributed by atoms with van der Waals surface area (Å²) >= 11 is 0. The Morgan fingerprint density at radius 2 is 1.95 bits per heavy atom. The quantitative estimate of drug-likeness (QED) is 0.751. The molecule has 2 rings (SSSR count). The molecular formula is C15H25N3O2S. The maximum atomic E-state index is 12.4. The lowest BCUT2D eigenvalue weighted by atomic mass is 9.91. The number of anilines is 1. The summed E-state index contributed by atoms with van der Waals surface area (Å²) in [6.45, 7) is 2.38. The van der Waals surface area contributed by atoms with Gasteiger partial charge in [0.2, 0.25) is 10.0 Å². The molecule has 1 fully saturated rings. The van der Waals surface area contributed by atoms with Crippen molar-refractivity contribution in [1.82, 2.24) is 4.72 Å². The van der Waals surface area contributed by atoms with E-state index in [0.29, 0.717) is 17.1 Å². The van der Waals surface area contributed by atoms with Gasteiger partial charge in [-0.1, -0.05) is 31.9 Å². The van der Waals surface area contributed by atoms with Crippen molar-refractivity contribution in [2.24, 2.45) is 5.73 Å². The second-order valence-electron chi connectivity index (χ2n) is 5.59. The Morgan fingerprint density at radius 1 is 1.24 bits per heavy atom. The SMILES string of the molecule is CCCNS(=O)(=O)c1ccccc1N[C@@H]1CCCC[C@H]1N. The molecule has 0 aliphatic heterocycles. The largest absolute Gasteiger partial charge is 0.380 e. The van der Waals surface area contributed by atoms with Crippen LogP contribution < -0.4 is 15.8 Å². The lowest BCUT2D eigenvalue weighted by Crippen LogP contribution is -2.43. The molecule has 1 aliphatic carbocycles. The van der Waals surface area contributed by atoms with Crippen LogP contribution in [0.25, 0.3) is 0 Å². The Morgan fingerprint density at radius 3 is 2.67 bits per heavy atom. The number of hydrogen-bond acceptors (Lipinski definition) is 4. The minimum atomic E-state index is -3.47. The van der Waals surface area contributed by atoms with E-state index in [1.807, 2.05) is 19.1 Å². The first-order valence-corrected chi connectivity index (χ1v) is 9.13. The molecule has 5 nitrogen and oxygen atoms in total. The summed E-state index contributed by atoms with van der Waals surface area (Å²) in [5.74, 6) is 0. The number of sulfonamides is 1. The first kappa shape index (κ1) is 16.3. The zero-order valence-electron chi connectivity index (χ0n) is 12.5. The van der Waals surface area contributed by atoms with E-state index in [4.69, 9.17) is 5.73 Å². The average molecular weight is 311 g/mol. The van der Waals surface area contributed by atoms with Gasteiger partial charge < -0.3 is 11.1 Å². The van der Waals surface area contributed by atoms with Crippen molar-refractivity contribution in [2.75, 3.05) is 11.9 Å². The lowest BCUT2D eigenvalue weighted by Gasteiger charge is -2.30. The number of rotatable bonds is 6. The maximum absolute atomic E-state index is 12.4. The van der Waals surface area contributed by atoms with E-state index in [2.05, 4.69) is 10.0 Å². The zero-order valence-corrected chi connectivity index (χ0v) is 13.3. The summed E-state index contributed by atoms with van der Waals surface area (Å²) in [7, 11) is -3.47. The number of para-hydroxylation sites is 1. The second-order valence-corrected chi connectivity index (χ2v) is 7.33. The number of hydrogen-bond donors (Lipinski definition) is 3. The van der Waals surface area contributed by atoms with Crippen LogP contribution in [0.1, 0.15) is 39.0 Å². The minimum absolute atomic E-state index is 0.0816. The molecule has 1 aliphatic rings. The van der Waals surface area contributed by atoms with Gasteiger partial charge in [-0.15, -0.1) is 0 Å². The van der Waals surface area contributed by atoms with Crippen LogP contribution in [0.15, 0.2) is 29.2 Å². The van der Waals surface area contributed by atoms with Crippen LogP contribution in [-0.2, 0) is 10.0 Å². The van der Waals surface area contributed by atoms with Crippen molar-refractivity contribution < 1.29 is 8.42 Å². The molecule has 0 spiro atoms. The Labute approximate surface area is 127 Å². The standard InChI is InChI=1S/C15H25N3O2S/c1-2-11-17-21(19,20)15-10-6-5-9-14(15)18-13-8-4-3-7-12(13)16/h5-6,9-10,12-13,17-18H,2-4,7-8,11,16H2,1H3/t12-,13-/m1/s1. The number of nitrogens with one attached hydrogen (secondary N) is 2. The summed E-state index contributed by atoms with van der Waals surface area (Å²) in [4.78, 5) is 0.302. The molecule has 0 bridgehead atoms. The smallest absolute Gasteiger partial charge is 0.242 e. The topological polar surface area (TPSA) is 84.2 Å². The highest BCUT2D eigenvalue weighted by Gasteiger charge is 2.24. The van der Waals surface area contributed by atoms with Crippen LogP contribution in [0.4, 0.5) is 5.69 Å². The molecule has 1 saturated carbocycles. The Kier molecular flexibility index (Phi) is 5.61.